The lowest BCUT2D eigenvalue weighted by molar-refractivity contribution is 0.0601. The van der Waals surface area contributed by atoms with Crippen molar-refractivity contribution in [2.45, 2.75) is 0 Å². The molecule has 0 unspecified atom stereocenters. The fourth-order valence-electron chi connectivity index (χ4n) is 1.45. The number of methoxy groups -OCH3 is 1. The molecule has 90 valence electrons. The summed E-state index contributed by atoms with van der Waals surface area (Å²) in [5.41, 5.74) is 1.13. The van der Waals surface area contributed by atoms with E-state index in [1.54, 1.807) is 13.2 Å². The Bertz CT molecular complexity index is 574. The zero-order chi connectivity index (χ0) is 12.6. The van der Waals surface area contributed by atoms with Crippen LogP contribution in [0.5, 0.6) is 0 Å². The third-order valence-corrected chi connectivity index (χ3v) is 2.61. The lowest BCUT2D eigenvalue weighted by Gasteiger charge is -1.97. The Morgan fingerprint density at radius 1 is 1.53 bits per heavy atom. The molecule has 17 heavy (non-hydrogen) atoms. The first-order valence-electron chi connectivity index (χ1n) is 4.60. The van der Waals surface area contributed by atoms with E-state index in [1.165, 1.54) is 17.9 Å². The smallest absolute Gasteiger partial charge is 0.341 e. The Labute approximate surface area is 107 Å². The second kappa shape index (κ2) is 4.43. The molecule has 0 spiro atoms. The maximum atomic E-state index is 11.6. The van der Waals surface area contributed by atoms with Crippen LogP contribution in [0.3, 0.4) is 0 Å². The lowest BCUT2D eigenvalue weighted by Crippen LogP contribution is -2.01. The van der Waals surface area contributed by atoms with Crippen LogP contribution >= 0.6 is 23.2 Å². The normalized spacial score (nSPS) is 10.6. The number of nitrogens with zero attached hydrogens (tertiary/aromatic N) is 2. The Morgan fingerprint density at radius 3 is 2.76 bits per heavy atom. The van der Waals surface area contributed by atoms with Crippen molar-refractivity contribution >= 4 is 29.2 Å². The minimum Gasteiger partial charge on any atom is -0.465 e. The fourth-order valence-corrected chi connectivity index (χ4v) is 1.90. The summed E-state index contributed by atoms with van der Waals surface area (Å²) in [6.07, 6.45) is 1.54. The molecule has 0 fully saturated rings. The molecule has 5 nitrogen and oxygen atoms in total. The molecule has 0 aromatic carbocycles. The Hall–Kier alpha value is -1.46. The number of hydrogen-bond donors (Lipinski definition) is 0. The molecule has 2 rings (SSSR count). The van der Waals surface area contributed by atoms with Gasteiger partial charge in [-0.2, -0.15) is 5.10 Å². The van der Waals surface area contributed by atoms with Gasteiger partial charge in [0.25, 0.3) is 0 Å². The molecule has 0 N–H and O–H groups in total. The van der Waals surface area contributed by atoms with Crippen LogP contribution in [0.25, 0.3) is 11.3 Å². The zero-order valence-corrected chi connectivity index (χ0v) is 10.5. The highest BCUT2D eigenvalue weighted by atomic mass is 35.5. The second-order valence-electron chi connectivity index (χ2n) is 3.29. The topological polar surface area (TPSA) is 57.3 Å². The Balaban J connectivity index is 2.59. The predicted molar refractivity (Wildman–Crippen MR) is 62.3 cm³/mol. The van der Waals surface area contributed by atoms with E-state index in [9.17, 15) is 4.79 Å². The average molecular weight is 275 g/mol. The number of carbonyl (C=O) groups is 1. The first-order valence-corrected chi connectivity index (χ1v) is 5.35. The summed E-state index contributed by atoms with van der Waals surface area (Å²) >= 11 is 11.5. The number of esters is 1. The Morgan fingerprint density at radius 2 is 2.24 bits per heavy atom. The van der Waals surface area contributed by atoms with Crippen molar-refractivity contribution in [3.8, 4) is 11.3 Å². The van der Waals surface area contributed by atoms with Gasteiger partial charge in [0, 0.05) is 19.3 Å². The summed E-state index contributed by atoms with van der Waals surface area (Å²) in [4.78, 5) is 11.6. The molecular weight excluding hydrogens is 267 g/mol. The van der Waals surface area contributed by atoms with Crippen molar-refractivity contribution in [3.63, 3.8) is 0 Å². The monoisotopic (exact) mass is 274 g/mol. The Kier molecular flexibility index (Phi) is 3.13. The number of furan rings is 1. The lowest BCUT2D eigenvalue weighted by atomic mass is 10.1. The van der Waals surface area contributed by atoms with Crippen molar-refractivity contribution in [1.29, 1.82) is 0 Å². The highest BCUT2D eigenvalue weighted by Gasteiger charge is 2.22. The van der Waals surface area contributed by atoms with Crippen LogP contribution in [0, 0.1) is 0 Å². The summed E-state index contributed by atoms with van der Waals surface area (Å²) in [7, 11) is 2.98. The van der Waals surface area contributed by atoms with E-state index < -0.39 is 5.97 Å². The van der Waals surface area contributed by atoms with Crippen LogP contribution in [0.1, 0.15) is 10.4 Å². The van der Waals surface area contributed by atoms with E-state index in [0.29, 0.717) is 16.8 Å². The van der Waals surface area contributed by atoms with E-state index in [-0.39, 0.29) is 10.4 Å². The molecule has 0 aliphatic heterocycles. The van der Waals surface area contributed by atoms with Gasteiger partial charge in [-0.05, 0) is 23.2 Å². The van der Waals surface area contributed by atoms with Gasteiger partial charge in [-0.1, -0.05) is 0 Å². The molecule has 2 aromatic rings. The SMILES string of the molecule is COC(=O)c1cn(C)nc1-c1cc(Cl)oc1Cl. The number of carbonyl (C=O) groups excluding carboxylic acids is 1. The summed E-state index contributed by atoms with van der Waals surface area (Å²) < 4.78 is 11.1. The number of aryl methyl sites for hydroxylation is 1. The van der Waals surface area contributed by atoms with Gasteiger partial charge < -0.3 is 9.15 Å². The molecule has 2 aromatic heterocycles. The van der Waals surface area contributed by atoms with Crippen LogP contribution in [0.15, 0.2) is 16.7 Å². The summed E-state index contributed by atoms with van der Waals surface area (Å²) in [6, 6.07) is 1.50. The van der Waals surface area contributed by atoms with Crippen molar-refractivity contribution in [3.05, 3.63) is 28.3 Å². The molecule has 7 heteroatoms. The highest BCUT2D eigenvalue weighted by molar-refractivity contribution is 6.34. The molecule has 0 amide bonds. The molecule has 0 saturated carbocycles. The molecule has 0 aliphatic rings. The van der Waals surface area contributed by atoms with E-state index >= 15 is 0 Å². The van der Waals surface area contributed by atoms with Gasteiger partial charge >= 0.3 is 5.97 Å². The van der Waals surface area contributed by atoms with Crippen molar-refractivity contribution in [2.24, 2.45) is 7.05 Å². The average Bonchev–Trinajstić information content (AvgIpc) is 2.80. The van der Waals surface area contributed by atoms with Gasteiger partial charge in [0.2, 0.25) is 5.22 Å². The largest absolute Gasteiger partial charge is 0.465 e. The van der Waals surface area contributed by atoms with Gasteiger partial charge in [-0.25, -0.2) is 4.79 Å². The third kappa shape index (κ3) is 2.16. The number of aromatic nitrogens is 2. The molecular formula is C10H8Cl2N2O3. The second-order valence-corrected chi connectivity index (χ2v) is 4.01. The standard InChI is InChI=1S/C10H8Cl2N2O3/c1-14-4-6(10(15)16-2)8(13-14)5-3-7(11)17-9(5)12/h3-4H,1-2H3. The first kappa shape index (κ1) is 12.0. The minimum absolute atomic E-state index is 0.0823. The van der Waals surface area contributed by atoms with Gasteiger partial charge in [-0.3, -0.25) is 4.68 Å². The minimum atomic E-state index is -0.499. The molecule has 0 radical (unpaired) electrons. The molecule has 0 atom stereocenters. The van der Waals surface area contributed by atoms with Crippen molar-refractivity contribution < 1.29 is 13.9 Å². The van der Waals surface area contributed by atoms with Crippen molar-refractivity contribution in [2.75, 3.05) is 7.11 Å². The van der Waals surface area contributed by atoms with E-state index in [1.807, 2.05) is 0 Å². The quantitative estimate of drug-likeness (QED) is 0.791. The van der Waals surface area contributed by atoms with Crippen molar-refractivity contribution in [1.82, 2.24) is 9.78 Å². The van der Waals surface area contributed by atoms with Crippen LogP contribution < -0.4 is 0 Å². The number of halogens is 2. The number of rotatable bonds is 2. The zero-order valence-electron chi connectivity index (χ0n) is 9.03. The summed E-state index contributed by atoms with van der Waals surface area (Å²) in [5, 5.41) is 4.35. The van der Waals surface area contributed by atoms with Crippen LogP contribution in [-0.4, -0.2) is 22.9 Å². The fraction of sp³-hybridized carbons (Fsp3) is 0.200. The van der Waals surface area contributed by atoms with Crippen LogP contribution in [0.2, 0.25) is 10.4 Å². The van der Waals surface area contributed by atoms with Gasteiger partial charge in [0.05, 0.1) is 12.7 Å². The summed E-state index contributed by atoms with van der Waals surface area (Å²) in [5.74, 6) is -0.499. The molecule has 0 aliphatic carbocycles. The highest BCUT2D eigenvalue weighted by Crippen LogP contribution is 2.34. The molecule has 2 heterocycles. The van der Waals surface area contributed by atoms with Gasteiger partial charge in [0.15, 0.2) is 5.22 Å². The summed E-state index contributed by atoms with van der Waals surface area (Å²) in [6.45, 7) is 0. The van der Waals surface area contributed by atoms with Gasteiger partial charge in [0.1, 0.15) is 11.3 Å². The van der Waals surface area contributed by atoms with E-state index in [4.69, 9.17) is 27.6 Å². The third-order valence-electron chi connectivity index (χ3n) is 2.15. The van der Waals surface area contributed by atoms with Crippen LogP contribution in [0.4, 0.5) is 0 Å². The first-order chi connectivity index (χ1) is 8.02. The molecule has 0 saturated heterocycles. The molecule has 0 bridgehead atoms. The predicted octanol–water partition coefficient (Wildman–Crippen LogP) is 2.77. The maximum Gasteiger partial charge on any atom is 0.341 e. The number of hydrogen-bond acceptors (Lipinski definition) is 4. The van der Waals surface area contributed by atoms with Gasteiger partial charge in [-0.15, -0.1) is 0 Å². The van der Waals surface area contributed by atoms with E-state index in [0.717, 1.165) is 0 Å². The number of ether oxygens (including phenoxy) is 1. The van der Waals surface area contributed by atoms with E-state index in [2.05, 4.69) is 9.84 Å². The van der Waals surface area contributed by atoms with Crippen LogP contribution in [-0.2, 0) is 11.8 Å². The maximum absolute atomic E-state index is 11.6.